The van der Waals surface area contributed by atoms with Gasteiger partial charge in [-0.1, -0.05) is 0 Å². The Morgan fingerprint density at radius 2 is 2.05 bits per heavy atom. The minimum atomic E-state index is 0.614. The molecule has 0 saturated heterocycles. The van der Waals surface area contributed by atoms with Crippen molar-refractivity contribution in [3.63, 3.8) is 0 Å². The van der Waals surface area contributed by atoms with Gasteiger partial charge in [-0.3, -0.25) is 9.38 Å². The van der Waals surface area contributed by atoms with Crippen molar-refractivity contribution in [1.82, 2.24) is 14.4 Å². The molecule has 0 bridgehead atoms. The quantitative estimate of drug-likeness (QED) is 0.784. The van der Waals surface area contributed by atoms with Crippen LogP contribution in [0.5, 0.6) is 0 Å². The van der Waals surface area contributed by atoms with Crippen LogP contribution in [0.3, 0.4) is 0 Å². The molecule has 0 radical (unpaired) electrons. The number of imidazole rings is 1. The number of nitrogens with two attached hydrogens (primary N) is 1. The number of pyridine rings is 2. The van der Waals surface area contributed by atoms with Crippen LogP contribution in [0, 0.1) is 0 Å². The molecule has 3 rings (SSSR count). The minimum Gasteiger partial charge on any atom is -0.383 e. The van der Waals surface area contributed by atoms with E-state index in [9.17, 15) is 0 Å². The second-order valence-corrected chi connectivity index (χ2v) is 5.66. The van der Waals surface area contributed by atoms with Gasteiger partial charge >= 0.3 is 0 Å². The average molecular weight is 332 g/mol. The van der Waals surface area contributed by atoms with Crippen LogP contribution in [-0.2, 0) is 0 Å². The lowest BCUT2D eigenvalue weighted by Crippen LogP contribution is -2.09. The lowest BCUT2D eigenvalue weighted by Gasteiger charge is -2.12. The van der Waals surface area contributed by atoms with Gasteiger partial charge in [0.15, 0.2) is 0 Å². The van der Waals surface area contributed by atoms with Crippen molar-refractivity contribution in [3.05, 3.63) is 41.3 Å². The van der Waals surface area contributed by atoms with Crippen molar-refractivity contribution in [2.24, 2.45) is 0 Å². The minimum absolute atomic E-state index is 0.614. The van der Waals surface area contributed by atoms with Gasteiger partial charge < -0.3 is 10.6 Å². The number of hydrogen-bond donors (Lipinski definition) is 1. The molecule has 3 heterocycles. The first-order chi connectivity index (χ1) is 9.56. The highest BCUT2D eigenvalue weighted by molar-refractivity contribution is 9.10. The molecule has 6 heteroatoms. The molecule has 0 amide bonds. The van der Waals surface area contributed by atoms with Crippen molar-refractivity contribution in [1.29, 1.82) is 0 Å². The lowest BCUT2D eigenvalue weighted by molar-refractivity contribution is 1.09. The lowest BCUT2D eigenvalue weighted by atomic mass is 10.2. The van der Waals surface area contributed by atoms with Gasteiger partial charge in [-0.2, -0.15) is 0 Å². The van der Waals surface area contributed by atoms with Gasteiger partial charge in [-0.15, -0.1) is 0 Å². The van der Waals surface area contributed by atoms with Gasteiger partial charge in [0.05, 0.1) is 5.69 Å². The predicted octanol–water partition coefficient (Wildman–Crippen LogP) is 2.81. The molecule has 3 aromatic rings. The molecule has 0 aliphatic carbocycles. The van der Waals surface area contributed by atoms with Crippen LogP contribution in [-0.4, -0.2) is 28.5 Å². The fourth-order valence-electron chi connectivity index (χ4n) is 2.07. The molecule has 20 heavy (non-hydrogen) atoms. The number of hydrogen-bond acceptors (Lipinski definition) is 4. The largest absolute Gasteiger partial charge is 0.383 e. The summed E-state index contributed by atoms with van der Waals surface area (Å²) in [5.74, 6) is 0.614. The number of halogens is 1. The van der Waals surface area contributed by atoms with Crippen molar-refractivity contribution in [3.8, 4) is 11.3 Å². The van der Waals surface area contributed by atoms with Crippen molar-refractivity contribution in [2.45, 2.75) is 0 Å². The molecule has 0 aliphatic heterocycles. The number of nitrogens with zero attached hydrogens (tertiary/aromatic N) is 4. The van der Waals surface area contributed by atoms with E-state index in [0.717, 1.165) is 27.1 Å². The summed E-state index contributed by atoms with van der Waals surface area (Å²) in [5, 5.41) is 0. The summed E-state index contributed by atoms with van der Waals surface area (Å²) in [4.78, 5) is 10.8. The molecule has 3 aromatic heterocycles. The van der Waals surface area contributed by atoms with Crippen LogP contribution in [0.1, 0.15) is 0 Å². The van der Waals surface area contributed by atoms with Crippen LogP contribution in [0.4, 0.5) is 11.5 Å². The monoisotopic (exact) mass is 331 g/mol. The van der Waals surface area contributed by atoms with Crippen LogP contribution >= 0.6 is 15.9 Å². The maximum Gasteiger partial charge on any atom is 0.139 e. The molecule has 0 fully saturated rings. The number of fused-ring (bicyclic) bond motifs is 1. The number of aromatic nitrogens is 3. The third-order valence-corrected chi connectivity index (χ3v) is 3.57. The summed E-state index contributed by atoms with van der Waals surface area (Å²) in [6.07, 6.45) is 5.47. The highest BCUT2D eigenvalue weighted by atomic mass is 79.9. The van der Waals surface area contributed by atoms with E-state index in [1.54, 1.807) is 12.4 Å². The van der Waals surface area contributed by atoms with Crippen LogP contribution in [0.2, 0.25) is 0 Å². The first kappa shape index (κ1) is 12.9. The Morgan fingerprint density at radius 3 is 2.75 bits per heavy atom. The van der Waals surface area contributed by atoms with E-state index >= 15 is 0 Å². The second-order valence-electron chi connectivity index (χ2n) is 4.75. The molecule has 102 valence electrons. The summed E-state index contributed by atoms with van der Waals surface area (Å²) < 4.78 is 2.80. The Kier molecular flexibility index (Phi) is 3.10. The van der Waals surface area contributed by atoms with E-state index in [1.807, 2.05) is 47.8 Å². The van der Waals surface area contributed by atoms with E-state index in [1.165, 1.54) is 0 Å². The molecule has 0 aromatic carbocycles. The molecule has 0 atom stereocenters. The summed E-state index contributed by atoms with van der Waals surface area (Å²) in [6, 6.07) is 5.93. The zero-order valence-corrected chi connectivity index (χ0v) is 12.8. The highest BCUT2D eigenvalue weighted by Crippen LogP contribution is 2.28. The average Bonchev–Trinajstić information content (AvgIpc) is 2.76. The normalized spacial score (nSPS) is 10.9. The Labute approximate surface area is 125 Å². The van der Waals surface area contributed by atoms with Crippen LogP contribution in [0.15, 0.2) is 41.3 Å². The summed E-state index contributed by atoms with van der Waals surface area (Å²) in [7, 11) is 3.99. The molecular formula is C14H14BrN5. The molecule has 0 aliphatic rings. The van der Waals surface area contributed by atoms with E-state index in [0.29, 0.717) is 5.82 Å². The predicted molar refractivity (Wildman–Crippen MR) is 84.9 cm³/mol. The van der Waals surface area contributed by atoms with Crippen molar-refractivity contribution in [2.75, 3.05) is 24.7 Å². The zero-order chi connectivity index (χ0) is 14.3. The molecule has 0 unspecified atom stereocenters. The van der Waals surface area contributed by atoms with Gasteiger partial charge in [0.2, 0.25) is 0 Å². The van der Waals surface area contributed by atoms with Gasteiger partial charge in [0.25, 0.3) is 0 Å². The molecule has 2 N–H and O–H groups in total. The molecular weight excluding hydrogens is 318 g/mol. The number of rotatable bonds is 2. The topological polar surface area (TPSA) is 59.5 Å². The first-order valence-corrected chi connectivity index (χ1v) is 6.91. The Hall–Kier alpha value is -2.08. The van der Waals surface area contributed by atoms with Crippen LogP contribution < -0.4 is 10.6 Å². The molecule has 0 saturated carbocycles. The van der Waals surface area contributed by atoms with E-state index in [-0.39, 0.29) is 0 Å². The first-order valence-electron chi connectivity index (χ1n) is 6.12. The van der Waals surface area contributed by atoms with E-state index in [2.05, 4.69) is 25.9 Å². The third kappa shape index (κ3) is 2.12. The van der Waals surface area contributed by atoms with Gasteiger partial charge in [-0.05, 0) is 34.1 Å². The van der Waals surface area contributed by atoms with Crippen molar-refractivity contribution >= 4 is 33.1 Å². The standard InChI is InChI=1S/C14H14BrN5/c1-19(2)11-3-4-12-18-13(14(16)20(12)8-11)9-5-10(15)7-17-6-9/h3-8H,16H2,1-2H3. The Balaban J connectivity index is 2.20. The second kappa shape index (κ2) is 4.79. The summed E-state index contributed by atoms with van der Waals surface area (Å²) >= 11 is 3.41. The Morgan fingerprint density at radius 1 is 1.25 bits per heavy atom. The zero-order valence-electron chi connectivity index (χ0n) is 11.2. The van der Waals surface area contributed by atoms with Gasteiger partial charge in [0.1, 0.15) is 17.2 Å². The fourth-order valence-corrected chi connectivity index (χ4v) is 2.43. The summed E-state index contributed by atoms with van der Waals surface area (Å²) in [6.45, 7) is 0. The molecule has 0 spiro atoms. The fraction of sp³-hybridized carbons (Fsp3) is 0.143. The maximum absolute atomic E-state index is 6.23. The van der Waals surface area contributed by atoms with Crippen LogP contribution in [0.25, 0.3) is 16.9 Å². The highest BCUT2D eigenvalue weighted by Gasteiger charge is 2.12. The number of nitrogen functional groups attached to an aromatic ring is 1. The SMILES string of the molecule is CN(C)c1ccc2nc(-c3cncc(Br)c3)c(N)n2c1. The summed E-state index contributed by atoms with van der Waals surface area (Å²) in [5.41, 5.74) is 9.76. The third-order valence-electron chi connectivity index (χ3n) is 3.13. The number of anilines is 2. The van der Waals surface area contributed by atoms with Crippen molar-refractivity contribution < 1.29 is 0 Å². The smallest absolute Gasteiger partial charge is 0.139 e. The van der Waals surface area contributed by atoms with Gasteiger partial charge in [0, 0.05) is 42.7 Å². The Bertz CT molecular complexity index is 778. The maximum atomic E-state index is 6.23. The molecule has 5 nitrogen and oxygen atoms in total. The van der Waals surface area contributed by atoms with E-state index in [4.69, 9.17) is 5.73 Å². The van der Waals surface area contributed by atoms with E-state index < -0.39 is 0 Å². The van der Waals surface area contributed by atoms with Gasteiger partial charge in [-0.25, -0.2) is 4.98 Å².